The number of benzene rings is 1. The molecular weight excluding hydrogens is 390 g/mol. The first-order chi connectivity index (χ1) is 14.0. The summed E-state index contributed by atoms with van der Waals surface area (Å²) < 4.78 is 32.3. The SMILES string of the molecule is O=C(NCCN1CCOCC1)C1CCCN(S(=O)(=O)CCCc2ccccc2)C1. The highest BCUT2D eigenvalue weighted by molar-refractivity contribution is 7.89. The molecule has 8 heteroatoms. The lowest BCUT2D eigenvalue weighted by Crippen LogP contribution is -2.47. The van der Waals surface area contributed by atoms with Crippen molar-refractivity contribution in [3.05, 3.63) is 35.9 Å². The topological polar surface area (TPSA) is 79.0 Å². The molecule has 1 unspecified atom stereocenters. The van der Waals surface area contributed by atoms with Crippen molar-refractivity contribution in [2.24, 2.45) is 5.92 Å². The molecule has 1 N–H and O–H groups in total. The molecule has 2 aliphatic rings. The van der Waals surface area contributed by atoms with Gasteiger partial charge in [0.1, 0.15) is 0 Å². The van der Waals surface area contributed by atoms with Gasteiger partial charge in [-0.2, -0.15) is 0 Å². The molecule has 3 rings (SSSR count). The van der Waals surface area contributed by atoms with Crippen molar-refractivity contribution in [1.29, 1.82) is 0 Å². The van der Waals surface area contributed by atoms with Crippen LogP contribution in [0.3, 0.4) is 0 Å². The van der Waals surface area contributed by atoms with Gasteiger partial charge >= 0.3 is 0 Å². The normalized spacial score (nSPS) is 21.7. The van der Waals surface area contributed by atoms with Crippen molar-refractivity contribution < 1.29 is 17.9 Å². The maximum Gasteiger partial charge on any atom is 0.224 e. The van der Waals surface area contributed by atoms with Crippen LogP contribution in [0.4, 0.5) is 0 Å². The molecule has 0 aliphatic carbocycles. The third-order valence-electron chi connectivity index (χ3n) is 5.69. The number of piperidine rings is 1. The molecule has 29 heavy (non-hydrogen) atoms. The van der Waals surface area contributed by atoms with E-state index in [9.17, 15) is 13.2 Å². The van der Waals surface area contributed by atoms with Crippen molar-refractivity contribution in [3.63, 3.8) is 0 Å². The van der Waals surface area contributed by atoms with Gasteiger partial charge in [0.2, 0.25) is 15.9 Å². The second kappa shape index (κ2) is 11.1. The van der Waals surface area contributed by atoms with Gasteiger partial charge in [-0.05, 0) is 31.2 Å². The van der Waals surface area contributed by atoms with E-state index < -0.39 is 10.0 Å². The number of sulfonamides is 1. The Bertz CT molecular complexity index is 736. The second-order valence-electron chi connectivity index (χ2n) is 7.85. The number of rotatable bonds is 9. The molecule has 7 nitrogen and oxygen atoms in total. The number of amides is 1. The molecule has 1 aromatic carbocycles. The molecule has 0 aromatic heterocycles. The number of carbonyl (C=O) groups is 1. The summed E-state index contributed by atoms with van der Waals surface area (Å²) in [5, 5.41) is 2.99. The molecule has 0 spiro atoms. The summed E-state index contributed by atoms with van der Waals surface area (Å²) in [4.78, 5) is 14.8. The molecule has 2 aliphatic heterocycles. The lowest BCUT2D eigenvalue weighted by molar-refractivity contribution is -0.126. The van der Waals surface area contributed by atoms with Crippen LogP contribution in [-0.2, 0) is 26.0 Å². The van der Waals surface area contributed by atoms with E-state index in [1.165, 1.54) is 4.31 Å². The lowest BCUT2D eigenvalue weighted by Gasteiger charge is -2.31. The van der Waals surface area contributed by atoms with Crippen LogP contribution in [0.25, 0.3) is 0 Å². The number of ether oxygens (including phenoxy) is 1. The fraction of sp³-hybridized carbons (Fsp3) is 0.667. The highest BCUT2D eigenvalue weighted by atomic mass is 32.2. The van der Waals surface area contributed by atoms with Gasteiger partial charge in [-0.15, -0.1) is 0 Å². The van der Waals surface area contributed by atoms with Crippen molar-refractivity contribution in [2.45, 2.75) is 25.7 Å². The Hall–Kier alpha value is -1.48. The minimum Gasteiger partial charge on any atom is -0.379 e. The number of hydrogen-bond donors (Lipinski definition) is 1. The van der Waals surface area contributed by atoms with Crippen LogP contribution in [0.2, 0.25) is 0 Å². The molecule has 2 fully saturated rings. The van der Waals surface area contributed by atoms with E-state index in [0.29, 0.717) is 26.1 Å². The molecule has 2 saturated heterocycles. The van der Waals surface area contributed by atoms with Gasteiger partial charge < -0.3 is 10.1 Å². The van der Waals surface area contributed by atoms with Gasteiger partial charge in [0, 0.05) is 39.3 Å². The summed E-state index contributed by atoms with van der Waals surface area (Å²) in [5.41, 5.74) is 1.15. The van der Waals surface area contributed by atoms with E-state index in [-0.39, 0.29) is 17.6 Å². The third-order valence-corrected chi connectivity index (χ3v) is 7.61. The van der Waals surface area contributed by atoms with Gasteiger partial charge in [-0.3, -0.25) is 9.69 Å². The van der Waals surface area contributed by atoms with Gasteiger partial charge in [-0.25, -0.2) is 12.7 Å². The van der Waals surface area contributed by atoms with Gasteiger partial charge in [-0.1, -0.05) is 30.3 Å². The van der Waals surface area contributed by atoms with E-state index in [2.05, 4.69) is 10.2 Å². The Labute approximate surface area is 174 Å². The maximum absolute atomic E-state index is 12.7. The average Bonchev–Trinajstić information content (AvgIpc) is 2.75. The first-order valence-corrected chi connectivity index (χ1v) is 12.2. The fourth-order valence-electron chi connectivity index (χ4n) is 3.95. The highest BCUT2D eigenvalue weighted by Gasteiger charge is 2.31. The van der Waals surface area contributed by atoms with Gasteiger partial charge in [0.15, 0.2) is 0 Å². The molecule has 162 valence electrons. The van der Waals surface area contributed by atoms with Crippen molar-refractivity contribution >= 4 is 15.9 Å². The monoisotopic (exact) mass is 423 g/mol. The minimum absolute atomic E-state index is 0.0255. The summed E-state index contributed by atoms with van der Waals surface area (Å²) in [7, 11) is -3.33. The fourth-order valence-corrected chi connectivity index (χ4v) is 5.53. The van der Waals surface area contributed by atoms with E-state index in [1.807, 2.05) is 30.3 Å². The Morgan fingerprint density at radius 2 is 1.90 bits per heavy atom. The van der Waals surface area contributed by atoms with E-state index in [0.717, 1.165) is 57.7 Å². The first kappa shape index (κ1) is 22.2. The Balaban J connectivity index is 1.41. The zero-order valence-electron chi connectivity index (χ0n) is 17.1. The molecular formula is C21H33N3O4S. The lowest BCUT2D eigenvalue weighted by atomic mass is 9.99. The number of nitrogens with one attached hydrogen (secondary N) is 1. The number of hydrogen-bond acceptors (Lipinski definition) is 5. The summed E-state index contributed by atoms with van der Waals surface area (Å²) >= 11 is 0. The number of carbonyl (C=O) groups excluding carboxylic acids is 1. The largest absolute Gasteiger partial charge is 0.379 e. The van der Waals surface area contributed by atoms with Crippen LogP contribution in [0.5, 0.6) is 0 Å². The van der Waals surface area contributed by atoms with Crippen LogP contribution < -0.4 is 5.32 Å². The van der Waals surface area contributed by atoms with E-state index >= 15 is 0 Å². The number of nitrogens with zero attached hydrogens (tertiary/aromatic N) is 2. The molecule has 0 bridgehead atoms. The van der Waals surface area contributed by atoms with Crippen molar-refractivity contribution in [3.8, 4) is 0 Å². The minimum atomic E-state index is -3.33. The average molecular weight is 424 g/mol. The standard InChI is InChI=1S/C21H33N3O4S/c25-21(22-10-12-23-13-15-28-16-14-23)20-9-4-11-24(18-20)29(26,27)17-5-8-19-6-2-1-3-7-19/h1-3,6-7,20H,4-5,8-18H2,(H,22,25). The molecule has 0 radical (unpaired) electrons. The molecule has 1 aromatic rings. The molecule has 2 heterocycles. The van der Waals surface area contributed by atoms with Crippen LogP contribution in [0.15, 0.2) is 30.3 Å². The zero-order valence-corrected chi connectivity index (χ0v) is 17.9. The van der Waals surface area contributed by atoms with Crippen molar-refractivity contribution in [1.82, 2.24) is 14.5 Å². The maximum atomic E-state index is 12.7. The van der Waals surface area contributed by atoms with Crippen LogP contribution in [0, 0.1) is 5.92 Å². The van der Waals surface area contributed by atoms with E-state index in [4.69, 9.17) is 4.74 Å². The van der Waals surface area contributed by atoms with Gasteiger partial charge in [0.05, 0.1) is 24.9 Å². The Kier molecular flexibility index (Phi) is 8.47. The van der Waals surface area contributed by atoms with Crippen LogP contribution in [0.1, 0.15) is 24.8 Å². The first-order valence-electron chi connectivity index (χ1n) is 10.6. The predicted molar refractivity (Wildman–Crippen MR) is 113 cm³/mol. The van der Waals surface area contributed by atoms with E-state index in [1.54, 1.807) is 0 Å². The number of morpholine rings is 1. The molecule has 1 amide bonds. The summed E-state index contributed by atoms with van der Waals surface area (Å²) in [6.45, 7) is 5.51. The number of aryl methyl sites for hydroxylation is 1. The predicted octanol–water partition coefficient (Wildman–Crippen LogP) is 1.11. The Morgan fingerprint density at radius 3 is 2.66 bits per heavy atom. The molecule has 0 saturated carbocycles. The van der Waals surface area contributed by atoms with Crippen LogP contribution >= 0.6 is 0 Å². The summed E-state index contributed by atoms with van der Waals surface area (Å²) in [5.74, 6) is -0.146. The van der Waals surface area contributed by atoms with Gasteiger partial charge in [0.25, 0.3) is 0 Å². The van der Waals surface area contributed by atoms with Crippen molar-refractivity contribution in [2.75, 3.05) is 58.2 Å². The van der Waals surface area contributed by atoms with Crippen LogP contribution in [-0.4, -0.2) is 81.8 Å². The smallest absolute Gasteiger partial charge is 0.224 e. The summed E-state index contributed by atoms with van der Waals surface area (Å²) in [6, 6.07) is 9.93. The Morgan fingerprint density at radius 1 is 1.14 bits per heavy atom. The third kappa shape index (κ3) is 7.06. The quantitative estimate of drug-likeness (QED) is 0.644. The second-order valence-corrected chi connectivity index (χ2v) is 9.94. The highest BCUT2D eigenvalue weighted by Crippen LogP contribution is 2.20. The molecule has 1 atom stereocenters. The summed E-state index contributed by atoms with van der Waals surface area (Å²) in [6.07, 6.45) is 2.83. The zero-order chi connectivity index (χ0) is 20.5.